The van der Waals surface area contributed by atoms with Crippen LogP contribution in [0.2, 0.25) is 0 Å². The standard InChI is InChI=1S/C22H32N2O3S/c1-4-23(5-2)15-19(25)16-27-20-7-6-17(12-21(20)26-3)13-24-10-8-22-18(14-24)9-11-28-22/h6-7,9,11-12,19,25H,4-5,8,10,13-16H2,1-3H3. The molecule has 28 heavy (non-hydrogen) atoms. The zero-order valence-electron chi connectivity index (χ0n) is 17.2. The Kier molecular flexibility index (Phi) is 7.73. The summed E-state index contributed by atoms with van der Waals surface area (Å²) in [5.41, 5.74) is 2.68. The van der Waals surface area contributed by atoms with E-state index in [2.05, 4.69) is 47.2 Å². The summed E-state index contributed by atoms with van der Waals surface area (Å²) in [6.07, 6.45) is 0.618. The van der Waals surface area contributed by atoms with Gasteiger partial charge in [-0.3, -0.25) is 4.90 Å². The maximum absolute atomic E-state index is 10.2. The number of hydrogen-bond acceptors (Lipinski definition) is 6. The minimum absolute atomic E-state index is 0.263. The monoisotopic (exact) mass is 404 g/mol. The molecule has 0 radical (unpaired) electrons. The molecule has 0 saturated heterocycles. The molecule has 5 nitrogen and oxygen atoms in total. The SMILES string of the molecule is CCN(CC)CC(O)COc1ccc(CN2CCc3sccc3C2)cc1OC. The number of aliphatic hydroxyl groups is 1. The molecule has 0 aliphatic carbocycles. The first-order valence-corrected chi connectivity index (χ1v) is 11.0. The van der Waals surface area contributed by atoms with Crippen LogP contribution in [0.25, 0.3) is 0 Å². The molecule has 1 unspecified atom stereocenters. The molecule has 1 aliphatic heterocycles. The largest absolute Gasteiger partial charge is 0.493 e. The van der Waals surface area contributed by atoms with E-state index >= 15 is 0 Å². The first-order chi connectivity index (χ1) is 13.6. The topological polar surface area (TPSA) is 45.2 Å². The van der Waals surface area contributed by atoms with Gasteiger partial charge in [-0.25, -0.2) is 0 Å². The lowest BCUT2D eigenvalue weighted by Gasteiger charge is -2.27. The summed E-state index contributed by atoms with van der Waals surface area (Å²) < 4.78 is 11.4. The molecule has 0 fully saturated rings. The summed E-state index contributed by atoms with van der Waals surface area (Å²) in [6.45, 7) is 9.93. The third kappa shape index (κ3) is 5.47. The fraction of sp³-hybridized carbons (Fsp3) is 0.545. The molecule has 1 aromatic heterocycles. The summed E-state index contributed by atoms with van der Waals surface area (Å²) in [6, 6.07) is 8.35. The molecule has 1 aliphatic rings. The minimum Gasteiger partial charge on any atom is -0.493 e. The smallest absolute Gasteiger partial charge is 0.161 e. The third-order valence-corrected chi connectivity index (χ3v) is 6.34. The molecule has 1 atom stereocenters. The van der Waals surface area contributed by atoms with E-state index in [0.717, 1.165) is 44.9 Å². The number of benzene rings is 1. The lowest BCUT2D eigenvalue weighted by Crippen LogP contribution is -2.35. The molecule has 3 rings (SSSR count). The number of aliphatic hydroxyl groups excluding tert-OH is 1. The van der Waals surface area contributed by atoms with E-state index in [4.69, 9.17) is 9.47 Å². The van der Waals surface area contributed by atoms with Crippen LogP contribution in [0.4, 0.5) is 0 Å². The second-order valence-corrected chi connectivity index (χ2v) is 8.27. The van der Waals surface area contributed by atoms with Crippen LogP contribution in [0.15, 0.2) is 29.6 Å². The van der Waals surface area contributed by atoms with Gasteiger partial charge in [0.15, 0.2) is 11.5 Å². The highest BCUT2D eigenvalue weighted by Crippen LogP contribution is 2.30. The van der Waals surface area contributed by atoms with Crippen molar-refractivity contribution in [2.24, 2.45) is 0 Å². The predicted molar refractivity (Wildman–Crippen MR) is 114 cm³/mol. The van der Waals surface area contributed by atoms with Crippen molar-refractivity contribution in [2.45, 2.75) is 39.5 Å². The normalized spacial score (nSPS) is 15.5. The van der Waals surface area contributed by atoms with Gasteiger partial charge in [-0.05, 0) is 54.2 Å². The molecule has 0 saturated carbocycles. The van der Waals surface area contributed by atoms with Gasteiger partial charge in [-0.15, -0.1) is 11.3 Å². The van der Waals surface area contributed by atoms with Crippen molar-refractivity contribution < 1.29 is 14.6 Å². The zero-order valence-corrected chi connectivity index (χ0v) is 18.0. The molecule has 0 bridgehead atoms. The number of methoxy groups -OCH3 is 1. The Balaban J connectivity index is 1.56. The van der Waals surface area contributed by atoms with E-state index < -0.39 is 6.10 Å². The summed E-state index contributed by atoms with van der Waals surface area (Å²) >= 11 is 1.87. The van der Waals surface area contributed by atoms with Crippen LogP contribution in [0.3, 0.4) is 0 Å². The Morgan fingerprint density at radius 2 is 2.04 bits per heavy atom. The number of hydrogen-bond donors (Lipinski definition) is 1. The highest BCUT2D eigenvalue weighted by Gasteiger charge is 2.18. The third-order valence-electron chi connectivity index (χ3n) is 5.32. The van der Waals surface area contributed by atoms with Crippen molar-refractivity contribution in [1.82, 2.24) is 9.80 Å². The first kappa shape index (κ1) is 21.1. The van der Waals surface area contributed by atoms with Crippen LogP contribution < -0.4 is 9.47 Å². The van der Waals surface area contributed by atoms with E-state index in [-0.39, 0.29) is 6.61 Å². The van der Waals surface area contributed by atoms with Crippen LogP contribution >= 0.6 is 11.3 Å². The van der Waals surface area contributed by atoms with Crippen LogP contribution in [0.1, 0.15) is 29.9 Å². The predicted octanol–water partition coefficient (Wildman–Crippen LogP) is 3.40. The zero-order chi connectivity index (χ0) is 19.9. The lowest BCUT2D eigenvalue weighted by atomic mass is 10.1. The second kappa shape index (κ2) is 10.3. The number of nitrogens with zero attached hydrogens (tertiary/aromatic N) is 2. The summed E-state index contributed by atoms with van der Waals surface area (Å²) in [5, 5.41) is 12.4. The van der Waals surface area contributed by atoms with Crippen molar-refractivity contribution >= 4 is 11.3 Å². The van der Waals surface area contributed by atoms with E-state index in [0.29, 0.717) is 12.3 Å². The minimum atomic E-state index is -0.516. The molecule has 0 spiro atoms. The molecule has 1 aromatic carbocycles. The number of likely N-dealkylation sites (N-methyl/N-ethyl adjacent to an activating group) is 1. The van der Waals surface area contributed by atoms with E-state index in [9.17, 15) is 5.11 Å². The van der Waals surface area contributed by atoms with Gasteiger partial charge >= 0.3 is 0 Å². The molecular formula is C22H32N2O3S. The van der Waals surface area contributed by atoms with Crippen molar-refractivity contribution in [3.8, 4) is 11.5 Å². The number of thiophene rings is 1. The highest BCUT2D eigenvalue weighted by atomic mass is 32.1. The van der Waals surface area contributed by atoms with Crippen LogP contribution in [-0.4, -0.2) is 60.9 Å². The molecule has 0 amide bonds. The van der Waals surface area contributed by atoms with Gasteiger partial charge in [0.2, 0.25) is 0 Å². The summed E-state index contributed by atoms with van der Waals surface area (Å²) in [4.78, 5) is 6.19. The Morgan fingerprint density at radius 3 is 2.79 bits per heavy atom. The van der Waals surface area contributed by atoms with Gasteiger partial charge in [0.05, 0.1) is 7.11 Å². The lowest BCUT2D eigenvalue weighted by molar-refractivity contribution is 0.0705. The van der Waals surface area contributed by atoms with E-state index in [1.165, 1.54) is 16.0 Å². The average molecular weight is 405 g/mol. The Hall–Kier alpha value is -1.60. The van der Waals surface area contributed by atoms with Crippen LogP contribution in [0.5, 0.6) is 11.5 Å². The molecule has 1 N–H and O–H groups in total. The highest BCUT2D eigenvalue weighted by molar-refractivity contribution is 7.10. The maximum atomic E-state index is 10.2. The summed E-state index contributed by atoms with van der Waals surface area (Å²) in [5.74, 6) is 1.41. The van der Waals surface area contributed by atoms with E-state index in [1.807, 2.05) is 17.4 Å². The molecule has 2 heterocycles. The molecule has 2 aromatic rings. The quantitative estimate of drug-likeness (QED) is 0.658. The van der Waals surface area contributed by atoms with Crippen molar-refractivity contribution in [1.29, 1.82) is 0 Å². The van der Waals surface area contributed by atoms with Crippen molar-refractivity contribution in [3.63, 3.8) is 0 Å². The molecule has 6 heteroatoms. The first-order valence-electron chi connectivity index (χ1n) is 10.1. The fourth-order valence-electron chi connectivity index (χ4n) is 3.65. The van der Waals surface area contributed by atoms with Gasteiger partial charge in [0, 0.05) is 31.1 Å². The maximum Gasteiger partial charge on any atom is 0.161 e. The number of ether oxygens (including phenoxy) is 2. The van der Waals surface area contributed by atoms with Crippen molar-refractivity contribution in [2.75, 3.05) is 39.9 Å². The second-order valence-electron chi connectivity index (χ2n) is 7.27. The fourth-order valence-corrected chi connectivity index (χ4v) is 4.54. The van der Waals surface area contributed by atoms with Gasteiger partial charge in [-0.2, -0.15) is 0 Å². The number of fused-ring (bicyclic) bond motifs is 1. The van der Waals surface area contributed by atoms with Gasteiger partial charge < -0.3 is 19.5 Å². The Labute approximate surface area is 172 Å². The molecule has 154 valence electrons. The summed E-state index contributed by atoms with van der Waals surface area (Å²) in [7, 11) is 1.66. The Bertz CT molecular complexity index is 745. The van der Waals surface area contributed by atoms with Crippen LogP contribution in [-0.2, 0) is 19.5 Å². The Morgan fingerprint density at radius 1 is 1.21 bits per heavy atom. The average Bonchev–Trinajstić information content (AvgIpc) is 3.18. The van der Waals surface area contributed by atoms with Crippen molar-refractivity contribution in [3.05, 3.63) is 45.6 Å². The number of rotatable bonds is 10. The van der Waals surface area contributed by atoms with E-state index in [1.54, 1.807) is 7.11 Å². The van der Waals surface area contributed by atoms with Crippen LogP contribution in [0, 0.1) is 0 Å². The van der Waals surface area contributed by atoms with Gasteiger partial charge in [0.1, 0.15) is 12.7 Å². The van der Waals surface area contributed by atoms with Gasteiger partial charge in [-0.1, -0.05) is 19.9 Å². The van der Waals surface area contributed by atoms with Gasteiger partial charge in [0.25, 0.3) is 0 Å². The molecular weight excluding hydrogens is 372 g/mol.